The van der Waals surface area contributed by atoms with Crippen LogP contribution < -0.4 is 0 Å². The van der Waals surface area contributed by atoms with E-state index in [9.17, 15) is 43.5 Å². The number of aliphatic hydroxyl groups excluding tert-OH is 1. The van der Waals surface area contributed by atoms with Crippen molar-refractivity contribution in [1.82, 2.24) is 0 Å². The van der Waals surface area contributed by atoms with E-state index in [1.807, 2.05) is 0 Å². The van der Waals surface area contributed by atoms with E-state index >= 15 is 0 Å². The largest absolute Gasteiger partial charge is 0.465 e. The van der Waals surface area contributed by atoms with Gasteiger partial charge in [0.2, 0.25) is 0 Å². The van der Waals surface area contributed by atoms with E-state index in [0.29, 0.717) is 25.7 Å². The Morgan fingerprint density at radius 2 is 0.797 bits per heavy atom. The molecule has 2 aliphatic heterocycles. The monoisotopic (exact) mass is 952 g/mol. The molecule has 2 heterocycles. The third-order valence-electron chi connectivity index (χ3n) is 9.52. The van der Waals surface area contributed by atoms with Crippen LogP contribution >= 0.6 is 23.5 Å². The molecule has 2 saturated heterocycles. The summed E-state index contributed by atoms with van der Waals surface area (Å²) in [5, 5.41) is 8.29. The maximum Gasteiger partial charge on any atom is 0.303 e. The lowest BCUT2D eigenvalue weighted by Gasteiger charge is -2.44. The molecule has 0 radical (unpaired) electrons. The number of rotatable bonds is 27. The maximum atomic E-state index is 12.3. The molecule has 0 unspecified atom stereocenters. The normalized spacial score (nSPS) is 25.5. The summed E-state index contributed by atoms with van der Waals surface area (Å²) >= 11 is 2.54. The summed E-state index contributed by atoms with van der Waals surface area (Å²) in [6.45, 7) is 13.0. The van der Waals surface area contributed by atoms with Gasteiger partial charge in [-0.25, -0.2) is 0 Å². The van der Waals surface area contributed by atoms with Gasteiger partial charge in [-0.15, -0.1) is 30.1 Å². The number of esters is 8. The summed E-state index contributed by atoms with van der Waals surface area (Å²) in [6, 6.07) is 0. The average Bonchev–Trinajstić information content (AvgIpc) is 3.19. The highest BCUT2D eigenvalue weighted by atomic mass is 32.2. The number of hydrogen-bond acceptors (Lipinski definition) is 22. The van der Waals surface area contributed by atoms with Gasteiger partial charge in [0.05, 0.1) is 48.9 Å². The minimum absolute atomic E-state index is 0.00205. The van der Waals surface area contributed by atoms with Crippen LogP contribution in [0.2, 0.25) is 0 Å². The second-order valence-corrected chi connectivity index (χ2v) is 18.3. The van der Waals surface area contributed by atoms with Gasteiger partial charge in [-0.05, 0) is 25.7 Å². The molecule has 22 heteroatoms. The summed E-state index contributed by atoms with van der Waals surface area (Å²) in [6.07, 6.45) is -3.58. The summed E-state index contributed by atoms with van der Waals surface area (Å²) in [4.78, 5) is 96.6. The van der Waals surface area contributed by atoms with Crippen molar-refractivity contribution < 1.29 is 95.6 Å². The highest BCUT2D eigenvalue weighted by Gasteiger charge is 2.52. The van der Waals surface area contributed by atoms with E-state index in [1.54, 1.807) is 6.08 Å². The molecule has 2 fully saturated rings. The van der Waals surface area contributed by atoms with Crippen molar-refractivity contribution in [2.24, 2.45) is 5.41 Å². The van der Waals surface area contributed by atoms with Gasteiger partial charge in [-0.1, -0.05) is 6.08 Å². The molecule has 1 N–H and O–H groups in total. The lowest BCUT2D eigenvalue weighted by molar-refractivity contribution is -0.186. The maximum absolute atomic E-state index is 12.3. The zero-order chi connectivity index (χ0) is 48.0. The first kappa shape index (κ1) is 56.2. The predicted molar refractivity (Wildman–Crippen MR) is 228 cm³/mol. The van der Waals surface area contributed by atoms with Gasteiger partial charge in [0.15, 0.2) is 36.6 Å². The second-order valence-electron chi connectivity index (χ2n) is 15.3. The zero-order valence-electron chi connectivity index (χ0n) is 37.8. The van der Waals surface area contributed by atoms with Gasteiger partial charge < -0.3 is 57.2 Å². The molecule has 0 saturated carbocycles. The van der Waals surface area contributed by atoms with Crippen LogP contribution in [-0.4, -0.2) is 170 Å². The zero-order valence-corrected chi connectivity index (χ0v) is 39.4. The minimum Gasteiger partial charge on any atom is -0.465 e. The van der Waals surface area contributed by atoms with Crippen molar-refractivity contribution in [3.05, 3.63) is 12.7 Å². The molecule has 20 nitrogen and oxygen atoms in total. The number of ether oxygens (including phenoxy) is 11. The van der Waals surface area contributed by atoms with Crippen LogP contribution in [0, 0.1) is 5.41 Å². The van der Waals surface area contributed by atoms with Gasteiger partial charge >= 0.3 is 47.8 Å². The fourth-order valence-electron chi connectivity index (χ4n) is 7.07. The first-order valence-corrected chi connectivity index (χ1v) is 22.7. The quantitative estimate of drug-likeness (QED) is 0.0537. The highest BCUT2D eigenvalue weighted by Crippen LogP contribution is 2.41. The molecule has 0 amide bonds. The van der Waals surface area contributed by atoms with E-state index in [0.717, 1.165) is 0 Å². The predicted octanol–water partition coefficient (Wildman–Crippen LogP) is 2.45. The molecule has 64 heavy (non-hydrogen) atoms. The van der Waals surface area contributed by atoms with Gasteiger partial charge in [0.1, 0.15) is 13.2 Å². The first-order valence-electron chi connectivity index (χ1n) is 20.8. The standard InChI is InChI=1S/C42H64O20S2/c1-10-15-52-21-42(20-43,22-53-16-11-13-32-36(57-26(4)46)40(61-30(8)50)38(59-28(6)48)34(63-32)18-55-24(2)44)23-54-17-12-14-33-37(58-27(5)47)41(62-31(9)51)39(60-29(7)49)35(64-33)19-56-25(3)45/h10,32-41,43H,1,11-23H2,2-9H3/t32-,33-,34-,35-,36-,37-,38-,39-,40-,41-/m1/s1. The van der Waals surface area contributed by atoms with Crippen molar-refractivity contribution in [2.45, 2.75) is 139 Å². The van der Waals surface area contributed by atoms with Crippen LogP contribution in [0.4, 0.5) is 0 Å². The first-order chi connectivity index (χ1) is 30.2. The molecule has 0 spiro atoms. The third-order valence-corrected chi connectivity index (χ3v) is 12.7. The lowest BCUT2D eigenvalue weighted by atomic mass is 9.92. The SMILES string of the molecule is C=CCOCC(CO)(COCCC[C@H]1S[C@H](COC(C)=O)[C@@H](OC(C)=O)[C@H](OC(C)=O)[C@@H]1OC(C)=O)COCCC[C@H]1S[C@H](COC(C)=O)[C@@H](OC(C)=O)[C@H](OC(C)=O)[C@@H]1OC(C)=O. The molecule has 2 aliphatic rings. The number of carbonyl (C=O) groups excluding carboxylic acids is 8. The van der Waals surface area contributed by atoms with Crippen molar-refractivity contribution in [1.29, 1.82) is 0 Å². The summed E-state index contributed by atoms with van der Waals surface area (Å²) in [5.41, 5.74) is -1.03. The van der Waals surface area contributed by atoms with Gasteiger partial charge in [0, 0.05) is 79.1 Å². The van der Waals surface area contributed by atoms with E-state index in [1.165, 1.54) is 78.9 Å². The van der Waals surface area contributed by atoms with Crippen LogP contribution in [0.5, 0.6) is 0 Å². The fraction of sp³-hybridized carbons (Fsp3) is 0.762. The van der Waals surface area contributed by atoms with E-state index < -0.39 is 111 Å². The smallest absolute Gasteiger partial charge is 0.303 e. The molecule has 10 atom stereocenters. The number of hydrogen-bond donors (Lipinski definition) is 1. The second kappa shape index (κ2) is 28.8. The Labute approximate surface area is 382 Å². The van der Waals surface area contributed by atoms with E-state index in [4.69, 9.17) is 52.1 Å². The van der Waals surface area contributed by atoms with Crippen LogP contribution in [0.1, 0.15) is 81.1 Å². The van der Waals surface area contributed by atoms with Crippen LogP contribution in [0.3, 0.4) is 0 Å². The molecule has 0 aliphatic carbocycles. The van der Waals surface area contributed by atoms with Crippen molar-refractivity contribution in [3.63, 3.8) is 0 Å². The van der Waals surface area contributed by atoms with Crippen molar-refractivity contribution >= 4 is 71.3 Å². The van der Waals surface area contributed by atoms with Gasteiger partial charge in [-0.3, -0.25) is 38.4 Å². The Balaban J connectivity index is 2.18. The molecule has 364 valence electrons. The van der Waals surface area contributed by atoms with Crippen molar-refractivity contribution in [2.75, 3.05) is 59.5 Å². The summed E-state index contributed by atoms with van der Waals surface area (Å²) < 4.78 is 61.9. The van der Waals surface area contributed by atoms with Gasteiger partial charge in [0.25, 0.3) is 0 Å². The number of aliphatic hydroxyl groups is 1. The number of thioether (sulfide) groups is 2. The molecular weight excluding hydrogens is 889 g/mol. The Hall–Kier alpha value is -3.96. The van der Waals surface area contributed by atoms with Crippen molar-refractivity contribution in [3.8, 4) is 0 Å². The molecule has 2 rings (SSSR count). The topological polar surface area (TPSA) is 258 Å². The lowest BCUT2D eigenvalue weighted by Crippen LogP contribution is -2.58. The summed E-state index contributed by atoms with van der Waals surface area (Å²) in [7, 11) is 0. The molecule has 0 bridgehead atoms. The van der Waals surface area contributed by atoms with E-state index in [-0.39, 0.29) is 59.5 Å². The molecule has 0 aromatic heterocycles. The molecule has 0 aromatic carbocycles. The summed E-state index contributed by atoms with van der Waals surface area (Å²) in [5.74, 6) is -5.20. The Kier molecular flexibility index (Phi) is 25.3. The van der Waals surface area contributed by atoms with Crippen LogP contribution in [-0.2, 0) is 90.5 Å². The Morgan fingerprint density at radius 1 is 0.484 bits per heavy atom. The average molecular weight is 953 g/mol. The Morgan fingerprint density at radius 3 is 1.09 bits per heavy atom. The van der Waals surface area contributed by atoms with Crippen LogP contribution in [0.25, 0.3) is 0 Å². The van der Waals surface area contributed by atoms with Gasteiger partial charge in [-0.2, -0.15) is 0 Å². The van der Waals surface area contributed by atoms with Crippen LogP contribution in [0.15, 0.2) is 12.7 Å². The Bertz CT molecular complexity index is 1470. The molecular formula is C42H64O20S2. The fourth-order valence-corrected chi connectivity index (χ4v) is 10.3. The third kappa shape index (κ3) is 20.1. The van der Waals surface area contributed by atoms with E-state index in [2.05, 4.69) is 6.58 Å². The highest BCUT2D eigenvalue weighted by molar-refractivity contribution is 8.01. The molecule has 0 aromatic rings. The number of carbonyl (C=O) groups is 8. The minimum atomic E-state index is -1.20.